The molecule has 2 aromatic carbocycles. The average Bonchev–Trinajstić information content (AvgIpc) is 2.83. The van der Waals surface area contributed by atoms with Crippen LogP contribution in [0.3, 0.4) is 0 Å². The summed E-state index contributed by atoms with van der Waals surface area (Å²) < 4.78 is 4.96. The van der Waals surface area contributed by atoms with Gasteiger partial charge in [-0.1, -0.05) is 68.2 Å². The lowest BCUT2D eigenvalue weighted by atomic mass is 9.66. The number of halogens is 2. The molecule has 7 heteroatoms. The molecule has 1 aliphatic heterocycles. The van der Waals surface area contributed by atoms with Crippen LogP contribution in [0, 0.1) is 5.41 Å². The maximum Gasteiger partial charge on any atom is 0.313 e. The van der Waals surface area contributed by atoms with E-state index in [0.29, 0.717) is 16.5 Å². The van der Waals surface area contributed by atoms with Crippen LogP contribution in [0.25, 0.3) is 0 Å². The number of esters is 1. The molecule has 3 rings (SSSR count). The predicted octanol–water partition coefficient (Wildman–Crippen LogP) is 7.16. The third-order valence-corrected chi connectivity index (χ3v) is 7.65. The Morgan fingerprint density at radius 2 is 1.69 bits per heavy atom. The van der Waals surface area contributed by atoms with Gasteiger partial charge in [-0.15, -0.1) is 0 Å². The number of likely N-dealkylation sites (tertiary alicyclic amines) is 1. The number of rotatable bonds is 10. The second kappa shape index (κ2) is 12.2. The van der Waals surface area contributed by atoms with Crippen molar-refractivity contribution < 1.29 is 19.1 Å². The van der Waals surface area contributed by atoms with Gasteiger partial charge < -0.3 is 9.64 Å². The van der Waals surface area contributed by atoms with Gasteiger partial charge in [-0.05, 0) is 61.6 Å². The summed E-state index contributed by atoms with van der Waals surface area (Å²) >= 11 is 12.6. The molecule has 2 aromatic rings. The van der Waals surface area contributed by atoms with Gasteiger partial charge >= 0.3 is 5.97 Å². The average molecular weight is 533 g/mol. The normalized spacial score (nSPS) is 22.1. The van der Waals surface area contributed by atoms with Crippen LogP contribution < -0.4 is 0 Å². The molecule has 5 nitrogen and oxygen atoms in total. The molecule has 1 fully saturated rings. The van der Waals surface area contributed by atoms with Crippen molar-refractivity contribution in [2.24, 2.45) is 5.41 Å². The Kier molecular flexibility index (Phi) is 9.59. The fourth-order valence-corrected chi connectivity index (χ4v) is 5.82. The van der Waals surface area contributed by atoms with E-state index in [1.807, 2.05) is 60.4 Å². The van der Waals surface area contributed by atoms with Crippen molar-refractivity contribution in [3.8, 4) is 0 Å². The third kappa shape index (κ3) is 6.30. The minimum Gasteiger partial charge on any atom is -0.466 e. The van der Waals surface area contributed by atoms with E-state index in [9.17, 15) is 14.4 Å². The zero-order valence-corrected chi connectivity index (χ0v) is 22.9. The number of benzene rings is 2. The van der Waals surface area contributed by atoms with Crippen molar-refractivity contribution in [2.45, 2.75) is 77.8 Å². The second-order valence-electron chi connectivity index (χ2n) is 9.80. The van der Waals surface area contributed by atoms with Crippen LogP contribution in [0.4, 0.5) is 0 Å². The zero-order valence-electron chi connectivity index (χ0n) is 21.4. The molecule has 1 saturated heterocycles. The van der Waals surface area contributed by atoms with Crippen molar-refractivity contribution >= 4 is 40.9 Å². The van der Waals surface area contributed by atoms with E-state index in [0.717, 1.165) is 24.0 Å². The highest BCUT2D eigenvalue weighted by molar-refractivity contribution is 6.30. The van der Waals surface area contributed by atoms with Gasteiger partial charge in [0.15, 0.2) is 0 Å². The maximum absolute atomic E-state index is 14.3. The number of carbonyl (C=O) groups is 3. The number of ketones is 1. The van der Waals surface area contributed by atoms with E-state index < -0.39 is 11.4 Å². The van der Waals surface area contributed by atoms with E-state index in [2.05, 4.69) is 13.8 Å². The van der Waals surface area contributed by atoms with Gasteiger partial charge in [-0.3, -0.25) is 14.4 Å². The lowest BCUT2D eigenvalue weighted by Gasteiger charge is -2.52. The van der Waals surface area contributed by atoms with Gasteiger partial charge in [0.2, 0.25) is 5.91 Å². The summed E-state index contributed by atoms with van der Waals surface area (Å²) in [5, 5.41) is 1.25. The number of amides is 1. The predicted molar refractivity (Wildman–Crippen MR) is 143 cm³/mol. The van der Waals surface area contributed by atoms with Gasteiger partial charge in [0.05, 0.1) is 18.1 Å². The number of ether oxygens (including phenoxy) is 1. The molecule has 3 unspecified atom stereocenters. The summed E-state index contributed by atoms with van der Waals surface area (Å²) in [4.78, 5) is 41.1. The van der Waals surface area contributed by atoms with E-state index in [1.165, 1.54) is 0 Å². The maximum atomic E-state index is 14.3. The number of nitrogens with zero attached hydrogens (tertiary/aromatic N) is 1. The molecular formula is C29H35Cl2NO4. The molecule has 0 aromatic heterocycles. The highest BCUT2D eigenvalue weighted by atomic mass is 35.5. The SMILES string of the molecule is CCOC(=O)CC(=O)CC1(C)CC(c2cccc(Cl)c2)C(c2ccc(Cl)cc2)N(C(CC)CC)C1=O. The van der Waals surface area contributed by atoms with Crippen molar-refractivity contribution in [1.82, 2.24) is 4.90 Å². The first-order chi connectivity index (χ1) is 17.1. The van der Waals surface area contributed by atoms with Gasteiger partial charge in [-0.2, -0.15) is 0 Å². The van der Waals surface area contributed by atoms with Crippen LogP contribution in [0.5, 0.6) is 0 Å². The molecule has 3 atom stereocenters. The summed E-state index contributed by atoms with van der Waals surface area (Å²) in [6, 6.07) is 15.1. The number of hydrogen-bond acceptors (Lipinski definition) is 4. The third-order valence-electron chi connectivity index (χ3n) is 7.16. The van der Waals surface area contributed by atoms with Gasteiger partial charge in [0.25, 0.3) is 0 Å². The molecule has 0 spiro atoms. The first-order valence-corrected chi connectivity index (χ1v) is 13.4. The second-order valence-corrected chi connectivity index (χ2v) is 10.7. The van der Waals surface area contributed by atoms with E-state index in [1.54, 1.807) is 6.92 Å². The first kappa shape index (κ1) is 28.2. The standard InChI is InChI=1S/C29H35Cl2NO4/c1-5-23(6-2)32-27(19-11-13-21(30)14-12-19)25(20-9-8-10-22(31)15-20)18-29(4,28(32)35)17-24(33)16-26(34)36-7-3/h8-15,23,25,27H,5-7,16-18H2,1-4H3. The van der Waals surface area contributed by atoms with Crippen LogP contribution in [0.1, 0.15) is 82.9 Å². The summed E-state index contributed by atoms with van der Waals surface area (Å²) in [5.74, 6) is -1.02. The Labute approximate surface area is 224 Å². The summed E-state index contributed by atoms with van der Waals surface area (Å²) in [6.45, 7) is 7.92. The van der Waals surface area contributed by atoms with E-state index in [4.69, 9.17) is 27.9 Å². The molecule has 1 amide bonds. The van der Waals surface area contributed by atoms with Crippen LogP contribution in [0.2, 0.25) is 10.0 Å². The summed E-state index contributed by atoms with van der Waals surface area (Å²) in [7, 11) is 0. The van der Waals surface area contributed by atoms with Crippen LogP contribution in [0.15, 0.2) is 48.5 Å². The van der Waals surface area contributed by atoms with Crippen LogP contribution in [-0.2, 0) is 19.1 Å². The van der Waals surface area contributed by atoms with Crippen LogP contribution >= 0.6 is 23.2 Å². The Bertz CT molecular complexity index is 1080. The van der Waals surface area contributed by atoms with Crippen molar-refractivity contribution in [3.05, 3.63) is 69.7 Å². The molecule has 1 aliphatic rings. The first-order valence-electron chi connectivity index (χ1n) is 12.6. The molecule has 0 bridgehead atoms. The quantitative estimate of drug-likeness (QED) is 0.241. The number of carbonyl (C=O) groups excluding carboxylic acids is 3. The van der Waals surface area contributed by atoms with Gasteiger partial charge in [0.1, 0.15) is 12.2 Å². The molecule has 36 heavy (non-hydrogen) atoms. The highest BCUT2D eigenvalue weighted by Crippen LogP contribution is 2.52. The lowest BCUT2D eigenvalue weighted by Crippen LogP contribution is -2.56. The highest BCUT2D eigenvalue weighted by Gasteiger charge is 2.51. The van der Waals surface area contributed by atoms with Crippen LogP contribution in [-0.4, -0.2) is 35.2 Å². The molecule has 1 heterocycles. The molecule has 0 aliphatic carbocycles. The molecule has 0 N–H and O–H groups in total. The fraction of sp³-hybridized carbons (Fsp3) is 0.483. The lowest BCUT2D eigenvalue weighted by molar-refractivity contribution is -0.158. The van der Waals surface area contributed by atoms with Gasteiger partial charge in [0, 0.05) is 28.4 Å². The molecule has 194 valence electrons. The van der Waals surface area contributed by atoms with Crippen molar-refractivity contribution in [1.29, 1.82) is 0 Å². The topological polar surface area (TPSA) is 63.7 Å². The minimum absolute atomic E-state index is 0.0142. The van der Waals surface area contributed by atoms with Gasteiger partial charge in [-0.25, -0.2) is 0 Å². The van der Waals surface area contributed by atoms with Crippen molar-refractivity contribution in [2.75, 3.05) is 6.61 Å². The monoisotopic (exact) mass is 531 g/mol. The Hall–Kier alpha value is -2.37. The molecule has 0 saturated carbocycles. The summed E-state index contributed by atoms with van der Waals surface area (Å²) in [6.07, 6.45) is 1.66. The Balaban J connectivity index is 2.12. The number of Topliss-reactive ketones (excluding diaryl/α,β-unsaturated/α-hetero) is 1. The number of piperidine rings is 1. The largest absolute Gasteiger partial charge is 0.466 e. The Morgan fingerprint density at radius 3 is 2.28 bits per heavy atom. The minimum atomic E-state index is -0.970. The van der Waals surface area contributed by atoms with E-state index in [-0.39, 0.29) is 49.1 Å². The zero-order chi connectivity index (χ0) is 26.5. The molecule has 0 radical (unpaired) electrons. The molecular weight excluding hydrogens is 497 g/mol. The number of hydrogen-bond donors (Lipinski definition) is 0. The summed E-state index contributed by atoms with van der Waals surface area (Å²) in [5.41, 5.74) is 1.03. The Morgan fingerprint density at radius 1 is 1.03 bits per heavy atom. The smallest absolute Gasteiger partial charge is 0.313 e. The van der Waals surface area contributed by atoms with Crippen molar-refractivity contribution in [3.63, 3.8) is 0 Å². The fourth-order valence-electron chi connectivity index (χ4n) is 5.50. The van der Waals surface area contributed by atoms with E-state index >= 15 is 0 Å².